The molecule has 3 aromatic carbocycles. The molecule has 9 atom stereocenters. The maximum atomic E-state index is 12.6. The molecular weight excluding hydrogens is 1210 g/mol. The number of hydrogen-bond acceptors (Lipinski definition) is 9. The van der Waals surface area contributed by atoms with Gasteiger partial charge in [0.25, 0.3) is 30.4 Å². The molecule has 0 spiro atoms. The Bertz CT molecular complexity index is 3080. The second-order valence-corrected chi connectivity index (χ2v) is 39.6. The lowest BCUT2D eigenvalue weighted by Crippen LogP contribution is -2.53. The standard InChI is InChI=1S/C38H62O3S.C25H40O3S.C18H28O3S/c1-26(2)10-9-11-27(3)33-18-19-34-32-17-14-30-25-29(20-22-37(30,7)35(32)21-23-38(33,34)8)24-28-12-15-31(16-13-28)42(39,40)41-36(4,5)6;1-25(2,3)28-29(26,27)23-17-14-20(15-18-23)16-19-24(21-10-6-4-7-11-21)22-12-8-5-9-13-22;1-18(2,3)21-22(19,20)17-13-11-16(12-14-17)10-9-15-7-5-4-6-8-15/h12-13,15-16,26-27,29-30,32-35H,9-11,14,17-25H2,1-8H3;14-15,17-18,21-22,24H,4-13,16,19H2,1-3H3;11-15H,4-10H2,1-3H3/t27?,29?,30?,32?,33?,34?,35?,37-,38+;;/m0../s1. The molecule has 93 heavy (non-hydrogen) atoms. The molecule has 0 amide bonds. The van der Waals surface area contributed by atoms with Crippen LogP contribution in [-0.4, -0.2) is 42.1 Å². The Balaban J connectivity index is 0.000000190. The van der Waals surface area contributed by atoms with Gasteiger partial charge in [0.15, 0.2) is 0 Å². The molecule has 9 nitrogen and oxygen atoms in total. The van der Waals surface area contributed by atoms with Gasteiger partial charge in [0.2, 0.25) is 0 Å². The number of benzene rings is 3. The summed E-state index contributed by atoms with van der Waals surface area (Å²) in [5.41, 5.74) is 2.66. The van der Waals surface area contributed by atoms with Crippen molar-refractivity contribution in [3.05, 3.63) is 89.5 Å². The van der Waals surface area contributed by atoms with Gasteiger partial charge < -0.3 is 0 Å². The van der Waals surface area contributed by atoms with E-state index in [2.05, 4.69) is 34.6 Å². The lowest BCUT2D eigenvalue weighted by atomic mass is 9.44. The van der Waals surface area contributed by atoms with Crippen LogP contribution >= 0.6 is 0 Å². The lowest BCUT2D eigenvalue weighted by Gasteiger charge is -2.61. The third-order valence-corrected chi connectivity index (χ3v) is 28.8. The zero-order valence-corrected chi connectivity index (χ0v) is 63.3. The summed E-state index contributed by atoms with van der Waals surface area (Å²) in [6.45, 7) is 28.6. The monoisotopic (exact) mass is 1340 g/mol. The van der Waals surface area contributed by atoms with E-state index in [1.165, 1.54) is 203 Å². The zero-order valence-electron chi connectivity index (χ0n) is 60.9. The topological polar surface area (TPSA) is 130 Å². The summed E-state index contributed by atoms with van der Waals surface area (Å²) in [4.78, 5) is 0.759. The minimum Gasteiger partial charge on any atom is -0.261 e. The highest BCUT2D eigenvalue weighted by Crippen LogP contribution is 2.69. The predicted octanol–water partition coefficient (Wildman–Crippen LogP) is 22.1. The van der Waals surface area contributed by atoms with Gasteiger partial charge >= 0.3 is 0 Å². The molecule has 3 aromatic rings. The second-order valence-electron chi connectivity index (χ2n) is 35.0. The van der Waals surface area contributed by atoms with Gasteiger partial charge in [0.05, 0.1) is 31.5 Å². The molecule has 0 saturated heterocycles. The lowest BCUT2D eigenvalue weighted by molar-refractivity contribution is -0.121. The van der Waals surface area contributed by atoms with E-state index >= 15 is 0 Å². The zero-order chi connectivity index (χ0) is 67.6. The highest BCUT2D eigenvalue weighted by atomic mass is 32.2. The van der Waals surface area contributed by atoms with Gasteiger partial charge in [0.1, 0.15) is 0 Å². The first-order chi connectivity index (χ1) is 43.6. The Kier molecular flexibility index (Phi) is 26.7. The van der Waals surface area contributed by atoms with Crippen molar-refractivity contribution in [2.45, 2.75) is 334 Å². The fraction of sp³-hybridized carbons (Fsp3) is 0.778. The maximum absolute atomic E-state index is 12.6. The molecule has 0 aliphatic heterocycles. The summed E-state index contributed by atoms with van der Waals surface area (Å²) in [6.07, 6.45) is 43.7. The molecule has 7 saturated carbocycles. The van der Waals surface area contributed by atoms with Crippen LogP contribution in [0.2, 0.25) is 0 Å². The second kappa shape index (κ2) is 32.6. The number of aryl methyl sites for hydroxylation is 2. The van der Waals surface area contributed by atoms with Gasteiger partial charge in [-0.15, -0.1) is 0 Å². The van der Waals surface area contributed by atoms with Gasteiger partial charge in [-0.1, -0.05) is 187 Å². The maximum Gasteiger partial charge on any atom is 0.297 e. The molecule has 0 bridgehead atoms. The molecule has 526 valence electrons. The Morgan fingerprint density at radius 2 is 0.871 bits per heavy atom. The van der Waals surface area contributed by atoms with E-state index < -0.39 is 47.2 Å². The average molecular weight is 1340 g/mol. The van der Waals surface area contributed by atoms with Gasteiger partial charge in [-0.3, -0.25) is 12.5 Å². The molecule has 7 aliphatic rings. The Hall–Kier alpha value is -2.61. The van der Waals surface area contributed by atoms with E-state index in [9.17, 15) is 25.3 Å². The molecule has 0 radical (unpaired) electrons. The van der Waals surface area contributed by atoms with Crippen molar-refractivity contribution < 1.29 is 37.8 Å². The van der Waals surface area contributed by atoms with E-state index in [0.717, 1.165) is 84.4 Å². The Morgan fingerprint density at radius 1 is 0.441 bits per heavy atom. The number of fused-ring (bicyclic) bond motifs is 5. The first kappa shape index (κ1) is 76.1. The van der Waals surface area contributed by atoms with Crippen LogP contribution in [0.3, 0.4) is 0 Å². The first-order valence-electron chi connectivity index (χ1n) is 37.8. The molecule has 0 aromatic heterocycles. The van der Waals surface area contributed by atoms with Gasteiger partial charge in [0, 0.05) is 0 Å². The third-order valence-electron chi connectivity index (χ3n) is 24.1. The molecule has 7 unspecified atom stereocenters. The SMILES string of the molecule is CC(C)(C)OS(=O)(=O)c1ccc(CCC(C2CCCCC2)C2CCCCC2)cc1.CC(C)(C)OS(=O)(=O)c1ccc(CCC2CCCCC2)cc1.CC(C)CCCC(C)C1CCC2C3CCC4CC(Cc5ccc(S(=O)(=O)OC(C)(C)C)cc5)CC[C@]4(C)C3CC[C@]12C. The van der Waals surface area contributed by atoms with E-state index in [0.29, 0.717) is 16.7 Å². The van der Waals surface area contributed by atoms with Crippen molar-refractivity contribution >= 4 is 30.4 Å². The van der Waals surface area contributed by atoms with Gasteiger partial charge in [-0.05, 0) is 287 Å². The molecular formula is C81H130O9S3. The molecule has 10 rings (SSSR count). The average Bonchev–Trinajstić information content (AvgIpc) is 1.69. The van der Waals surface area contributed by atoms with Crippen LogP contribution in [0.1, 0.15) is 300 Å². The van der Waals surface area contributed by atoms with Crippen molar-refractivity contribution in [2.24, 2.45) is 81.8 Å². The van der Waals surface area contributed by atoms with Crippen molar-refractivity contribution in [2.75, 3.05) is 0 Å². The van der Waals surface area contributed by atoms with Crippen LogP contribution in [0.25, 0.3) is 0 Å². The van der Waals surface area contributed by atoms with Crippen molar-refractivity contribution in [1.29, 1.82) is 0 Å². The summed E-state index contributed by atoms with van der Waals surface area (Å²) in [5, 5.41) is 0. The van der Waals surface area contributed by atoms with Crippen molar-refractivity contribution in [3.63, 3.8) is 0 Å². The fourth-order valence-electron chi connectivity index (χ4n) is 19.6. The predicted molar refractivity (Wildman–Crippen MR) is 384 cm³/mol. The number of rotatable bonds is 21. The van der Waals surface area contributed by atoms with Crippen molar-refractivity contribution in [3.8, 4) is 0 Å². The van der Waals surface area contributed by atoms with Gasteiger partial charge in [-0.2, -0.15) is 25.3 Å². The van der Waals surface area contributed by atoms with Crippen LogP contribution < -0.4 is 0 Å². The van der Waals surface area contributed by atoms with E-state index in [1.807, 2.05) is 36.4 Å². The normalized spacial score (nSPS) is 27.5. The number of hydrogen-bond donors (Lipinski definition) is 0. The highest BCUT2D eigenvalue weighted by molar-refractivity contribution is 7.87. The van der Waals surface area contributed by atoms with Crippen LogP contribution in [0.5, 0.6) is 0 Å². The van der Waals surface area contributed by atoms with E-state index in [4.69, 9.17) is 12.5 Å². The summed E-state index contributed by atoms with van der Waals surface area (Å²) in [6, 6.07) is 22.1. The largest absolute Gasteiger partial charge is 0.297 e. The smallest absolute Gasteiger partial charge is 0.261 e. The minimum absolute atomic E-state index is 0.240. The van der Waals surface area contributed by atoms with E-state index in [1.54, 1.807) is 98.7 Å². The van der Waals surface area contributed by atoms with Crippen LogP contribution in [-0.2, 0) is 62.2 Å². The van der Waals surface area contributed by atoms with Gasteiger partial charge in [-0.25, -0.2) is 0 Å². The summed E-state index contributed by atoms with van der Waals surface area (Å²) < 4.78 is 90.2. The van der Waals surface area contributed by atoms with Crippen LogP contribution in [0.4, 0.5) is 0 Å². The van der Waals surface area contributed by atoms with Crippen molar-refractivity contribution in [1.82, 2.24) is 0 Å². The molecule has 0 heterocycles. The fourth-order valence-corrected chi connectivity index (χ4v) is 23.3. The highest BCUT2D eigenvalue weighted by Gasteiger charge is 2.60. The summed E-state index contributed by atoms with van der Waals surface area (Å²) >= 11 is 0. The van der Waals surface area contributed by atoms with Crippen LogP contribution in [0.15, 0.2) is 87.5 Å². The summed E-state index contributed by atoms with van der Waals surface area (Å²) in [7, 11) is -11.1. The molecule has 0 N–H and O–H groups in total. The van der Waals surface area contributed by atoms with E-state index in [-0.39, 0.29) is 14.7 Å². The first-order valence-corrected chi connectivity index (χ1v) is 42.0. The molecule has 7 aliphatic carbocycles. The van der Waals surface area contributed by atoms with Crippen LogP contribution in [0, 0.1) is 81.8 Å². The molecule has 12 heteroatoms. The Labute approximate surface area is 569 Å². The third kappa shape index (κ3) is 21.7. The summed E-state index contributed by atoms with van der Waals surface area (Å²) in [5.74, 6) is 10.6. The quantitative estimate of drug-likeness (QED) is 0.0957. The molecule has 7 fully saturated rings. The minimum atomic E-state index is -3.73. The Morgan fingerprint density at radius 3 is 1.33 bits per heavy atom.